The van der Waals surface area contributed by atoms with Gasteiger partial charge >= 0.3 is 6.18 Å². The molecule has 1 atom stereocenters. The van der Waals surface area contributed by atoms with E-state index in [9.17, 15) is 22.8 Å². The maximum Gasteiger partial charge on any atom is 0.418 e. The van der Waals surface area contributed by atoms with Crippen molar-refractivity contribution in [2.45, 2.75) is 18.6 Å². The molecule has 0 unspecified atom stereocenters. The zero-order valence-electron chi connectivity index (χ0n) is 15.8. The first-order valence-corrected chi connectivity index (χ1v) is 9.21. The first kappa shape index (κ1) is 21.1. The summed E-state index contributed by atoms with van der Waals surface area (Å²) >= 11 is 0. The van der Waals surface area contributed by atoms with Crippen LogP contribution in [0.3, 0.4) is 0 Å². The zero-order valence-corrected chi connectivity index (χ0v) is 15.8. The van der Waals surface area contributed by atoms with Gasteiger partial charge in [0.25, 0.3) is 5.91 Å². The Hall–Kier alpha value is -3.61. The number of amides is 2. The lowest BCUT2D eigenvalue weighted by atomic mass is 10.0. The van der Waals surface area contributed by atoms with Gasteiger partial charge in [-0.3, -0.25) is 9.59 Å². The van der Waals surface area contributed by atoms with Gasteiger partial charge in [0.2, 0.25) is 5.91 Å². The van der Waals surface area contributed by atoms with Crippen LogP contribution in [0.4, 0.5) is 18.9 Å². The lowest BCUT2D eigenvalue weighted by Crippen LogP contribution is -2.45. The number of rotatable bonds is 6. The zero-order chi connectivity index (χ0) is 21.6. The molecule has 0 aromatic heterocycles. The van der Waals surface area contributed by atoms with Gasteiger partial charge < -0.3 is 10.6 Å². The first-order valence-electron chi connectivity index (χ1n) is 9.21. The molecular formula is C23H19F3N2O2. The molecule has 0 aliphatic heterocycles. The van der Waals surface area contributed by atoms with Crippen molar-refractivity contribution in [3.63, 3.8) is 0 Å². The van der Waals surface area contributed by atoms with Crippen LogP contribution in [0.2, 0.25) is 0 Å². The van der Waals surface area contributed by atoms with Gasteiger partial charge in [-0.2, -0.15) is 13.2 Å². The van der Waals surface area contributed by atoms with Crippen molar-refractivity contribution < 1.29 is 22.8 Å². The van der Waals surface area contributed by atoms with Gasteiger partial charge in [0.15, 0.2) is 0 Å². The summed E-state index contributed by atoms with van der Waals surface area (Å²) in [6.07, 6.45) is -4.49. The number of anilines is 1. The van der Waals surface area contributed by atoms with E-state index in [1.54, 1.807) is 60.7 Å². The molecule has 7 heteroatoms. The summed E-state index contributed by atoms with van der Waals surface area (Å²) in [6, 6.07) is 20.9. The van der Waals surface area contributed by atoms with Crippen LogP contribution in [-0.4, -0.2) is 17.9 Å². The third-order valence-electron chi connectivity index (χ3n) is 4.43. The van der Waals surface area contributed by atoms with Crippen LogP contribution in [-0.2, 0) is 17.4 Å². The van der Waals surface area contributed by atoms with Crippen LogP contribution in [0.15, 0.2) is 84.9 Å². The maximum absolute atomic E-state index is 13.3. The van der Waals surface area contributed by atoms with Crippen molar-refractivity contribution in [1.29, 1.82) is 0 Å². The van der Waals surface area contributed by atoms with Gasteiger partial charge in [0, 0.05) is 12.0 Å². The molecule has 0 fully saturated rings. The Morgan fingerprint density at radius 3 is 2.00 bits per heavy atom. The minimum absolute atomic E-state index is 0.124. The predicted molar refractivity (Wildman–Crippen MR) is 108 cm³/mol. The van der Waals surface area contributed by atoms with Gasteiger partial charge in [0.1, 0.15) is 6.04 Å². The minimum atomic E-state index is -4.62. The molecule has 3 aromatic rings. The second kappa shape index (κ2) is 9.26. The molecule has 3 rings (SSSR count). The molecule has 30 heavy (non-hydrogen) atoms. The van der Waals surface area contributed by atoms with Crippen LogP contribution in [0.1, 0.15) is 21.5 Å². The van der Waals surface area contributed by atoms with Gasteiger partial charge in [-0.1, -0.05) is 60.7 Å². The lowest BCUT2D eigenvalue weighted by molar-refractivity contribution is -0.137. The third-order valence-corrected chi connectivity index (χ3v) is 4.43. The van der Waals surface area contributed by atoms with Crippen LogP contribution in [0.5, 0.6) is 0 Å². The topological polar surface area (TPSA) is 58.2 Å². The van der Waals surface area contributed by atoms with E-state index in [2.05, 4.69) is 10.6 Å². The summed E-state index contributed by atoms with van der Waals surface area (Å²) in [5.41, 5.74) is -0.206. The number of carbonyl (C=O) groups excluding carboxylic acids is 2. The van der Waals surface area contributed by atoms with E-state index < -0.39 is 29.6 Å². The largest absolute Gasteiger partial charge is 0.418 e. The molecule has 0 spiro atoms. The third kappa shape index (κ3) is 5.47. The van der Waals surface area contributed by atoms with E-state index in [0.29, 0.717) is 5.56 Å². The molecule has 2 amide bonds. The summed E-state index contributed by atoms with van der Waals surface area (Å²) in [5.74, 6) is -1.23. The Kier molecular flexibility index (Phi) is 6.51. The number of alkyl halides is 3. The number of carbonyl (C=O) groups is 2. The first-order chi connectivity index (χ1) is 14.3. The highest BCUT2D eigenvalue weighted by Crippen LogP contribution is 2.34. The van der Waals surface area contributed by atoms with Crippen molar-refractivity contribution in [3.8, 4) is 0 Å². The quantitative estimate of drug-likeness (QED) is 0.617. The molecule has 3 aromatic carbocycles. The van der Waals surface area contributed by atoms with E-state index in [-0.39, 0.29) is 12.1 Å². The number of para-hydroxylation sites is 1. The van der Waals surface area contributed by atoms with Gasteiger partial charge in [0.05, 0.1) is 11.3 Å². The standard InChI is InChI=1S/C23H19F3N2O2/c24-23(25,26)18-13-7-8-14-19(18)27-22(30)20(15-16-9-3-1-4-10-16)28-21(29)17-11-5-2-6-12-17/h1-14,20H,15H2,(H,27,30)(H,28,29)/t20-/m1/s1. The molecule has 0 aliphatic rings. The second-order valence-electron chi connectivity index (χ2n) is 6.61. The minimum Gasteiger partial charge on any atom is -0.340 e. The van der Waals surface area contributed by atoms with E-state index in [4.69, 9.17) is 0 Å². The average molecular weight is 412 g/mol. The Morgan fingerprint density at radius 2 is 1.37 bits per heavy atom. The summed E-state index contributed by atoms with van der Waals surface area (Å²) in [6.45, 7) is 0. The molecule has 0 saturated carbocycles. The molecule has 0 bridgehead atoms. The van der Waals surface area contributed by atoms with E-state index in [1.165, 1.54) is 18.2 Å². The van der Waals surface area contributed by atoms with Gasteiger partial charge in [-0.15, -0.1) is 0 Å². The number of hydrogen-bond acceptors (Lipinski definition) is 2. The van der Waals surface area contributed by atoms with Gasteiger partial charge in [-0.25, -0.2) is 0 Å². The van der Waals surface area contributed by atoms with Crippen LogP contribution in [0, 0.1) is 0 Å². The van der Waals surface area contributed by atoms with Crippen molar-refractivity contribution in [2.75, 3.05) is 5.32 Å². The number of hydrogen-bond donors (Lipinski definition) is 2. The molecule has 154 valence electrons. The van der Waals surface area contributed by atoms with Crippen molar-refractivity contribution >= 4 is 17.5 Å². The molecular weight excluding hydrogens is 393 g/mol. The Bertz CT molecular complexity index is 1010. The fraction of sp³-hybridized carbons (Fsp3) is 0.130. The van der Waals surface area contributed by atoms with Crippen LogP contribution >= 0.6 is 0 Å². The number of halogens is 3. The van der Waals surface area contributed by atoms with Crippen molar-refractivity contribution in [3.05, 3.63) is 102 Å². The normalized spacial score (nSPS) is 12.1. The molecule has 0 radical (unpaired) electrons. The number of nitrogens with one attached hydrogen (secondary N) is 2. The SMILES string of the molecule is O=C(N[C@H](Cc1ccccc1)C(=O)Nc1ccccc1C(F)(F)F)c1ccccc1. The molecule has 0 heterocycles. The summed E-state index contributed by atoms with van der Waals surface area (Å²) in [7, 11) is 0. The highest BCUT2D eigenvalue weighted by molar-refractivity contribution is 6.01. The highest BCUT2D eigenvalue weighted by Gasteiger charge is 2.34. The molecule has 4 nitrogen and oxygen atoms in total. The predicted octanol–water partition coefficient (Wildman–Crippen LogP) is 4.69. The maximum atomic E-state index is 13.3. The van der Waals surface area contributed by atoms with Crippen molar-refractivity contribution in [2.24, 2.45) is 0 Å². The summed E-state index contributed by atoms with van der Waals surface area (Å²) in [4.78, 5) is 25.4. The smallest absolute Gasteiger partial charge is 0.340 e. The monoisotopic (exact) mass is 412 g/mol. The van der Waals surface area contributed by atoms with E-state index in [0.717, 1.165) is 11.6 Å². The molecule has 2 N–H and O–H groups in total. The highest BCUT2D eigenvalue weighted by atomic mass is 19.4. The Labute approximate surface area is 171 Å². The second-order valence-corrected chi connectivity index (χ2v) is 6.61. The summed E-state index contributed by atoms with van der Waals surface area (Å²) < 4.78 is 39.8. The van der Waals surface area contributed by atoms with E-state index >= 15 is 0 Å². The molecule has 0 aliphatic carbocycles. The molecule has 0 saturated heterocycles. The Balaban J connectivity index is 1.84. The van der Waals surface area contributed by atoms with Gasteiger partial charge in [-0.05, 0) is 29.8 Å². The van der Waals surface area contributed by atoms with Crippen molar-refractivity contribution in [1.82, 2.24) is 5.32 Å². The van der Waals surface area contributed by atoms with Crippen LogP contribution < -0.4 is 10.6 Å². The lowest BCUT2D eigenvalue weighted by Gasteiger charge is -2.20. The average Bonchev–Trinajstić information content (AvgIpc) is 2.74. The fourth-order valence-corrected chi connectivity index (χ4v) is 2.95. The van der Waals surface area contributed by atoms with Crippen LogP contribution in [0.25, 0.3) is 0 Å². The fourth-order valence-electron chi connectivity index (χ4n) is 2.95. The Morgan fingerprint density at radius 1 is 0.800 bits per heavy atom. The van der Waals surface area contributed by atoms with E-state index in [1.807, 2.05) is 0 Å². The summed E-state index contributed by atoms with van der Waals surface area (Å²) in [5, 5.41) is 4.95. The number of benzene rings is 3.